The van der Waals surface area contributed by atoms with E-state index >= 15 is 0 Å². The normalized spacial score (nSPS) is 25.6. The van der Waals surface area contributed by atoms with Crippen molar-refractivity contribution in [2.45, 2.75) is 37.9 Å². The lowest BCUT2D eigenvalue weighted by molar-refractivity contribution is -0.138. The number of aliphatic carboxylic acids is 1. The molecular formula is C8H14O4. The minimum Gasteiger partial charge on any atom is -0.481 e. The second-order valence-corrected chi connectivity index (χ2v) is 3.05. The van der Waals surface area contributed by atoms with Crippen LogP contribution in [0.4, 0.5) is 0 Å². The van der Waals surface area contributed by atoms with Gasteiger partial charge in [-0.15, -0.1) is 0 Å². The molecule has 1 saturated heterocycles. The fourth-order valence-electron chi connectivity index (χ4n) is 1.36. The summed E-state index contributed by atoms with van der Waals surface area (Å²) in [6.45, 7) is 0.689. The van der Waals surface area contributed by atoms with E-state index < -0.39 is 12.1 Å². The Bertz CT molecular complexity index is 151. The molecule has 0 saturated carbocycles. The van der Waals surface area contributed by atoms with Crippen molar-refractivity contribution in [3.05, 3.63) is 0 Å². The summed E-state index contributed by atoms with van der Waals surface area (Å²) in [6.07, 6.45) is 1.38. The molecular weight excluding hydrogens is 160 g/mol. The van der Waals surface area contributed by atoms with Crippen LogP contribution in [0.15, 0.2) is 0 Å². The summed E-state index contributed by atoms with van der Waals surface area (Å²) >= 11 is 0. The molecule has 12 heavy (non-hydrogen) atoms. The van der Waals surface area contributed by atoms with Crippen LogP contribution in [0.3, 0.4) is 0 Å². The second-order valence-electron chi connectivity index (χ2n) is 3.05. The average Bonchev–Trinajstić information content (AvgIpc) is 2.51. The number of aliphatic hydroxyl groups is 1. The predicted octanol–water partition coefficient (Wildman–Crippen LogP) is 0.391. The molecule has 0 aliphatic carbocycles. The van der Waals surface area contributed by atoms with Gasteiger partial charge in [-0.2, -0.15) is 0 Å². The maximum atomic E-state index is 10.2. The van der Waals surface area contributed by atoms with Crippen LogP contribution in [0.25, 0.3) is 0 Å². The lowest BCUT2D eigenvalue weighted by Crippen LogP contribution is -2.25. The minimum absolute atomic E-state index is 0.0149. The van der Waals surface area contributed by atoms with Gasteiger partial charge in [-0.25, -0.2) is 0 Å². The fraction of sp³-hybridized carbons (Fsp3) is 0.875. The van der Waals surface area contributed by atoms with E-state index in [1.807, 2.05) is 0 Å². The molecule has 0 aromatic carbocycles. The van der Waals surface area contributed by atoms with Crippen molar-refractivity contribution in [2.24, 2.45) is 0 Å². The van der Waals surface area contributed by atoms with Gasteiger partial charge in [0.2, 0.25) is 0 Å². The molecule has 4 nitrogen and oxygen atoms in total. The van der Waals surface area contributed by atoms with E-state index in [1.165, 1.54) is 0 Å². The van der Waals surface area contributed by atoms with Crippen LogP contribution in [0.1, 0.15) is 25.7 Å². The largest absolute Gasteiger partial charge is 0.481 e. The first-order valence-electron chi connectivity index (χ1n) is 4.21. The zero-order chi connectivity index (χ0) is 8.97. The number of carboxylic acids is 1. The van der Waals surface area contributed by atoms with E-state index in [0.717, 1.165) is 12.8 Å². The number of rotatable bonds is 4. The van der Waals surface area contributed by atoms with E-state index in [-0.39, 0.29) is 12.5 Å². The molecule has 70 valence electrons. The van der Waals surface area contributed by atoms with Crippen molar-refractivity contribution in [1.29, 1.82) is 0 Å². The van der Waals surface area contributed by atoms with Crippen molar-refractivity contribution >= 4 is 5.97 Å². The predicted molar refractivity (Wildman–Crippen MR) is 41.9 cm³/mol. The van der Waals surface area contributed by atoms with Crippen molar-refractivity contribution in [3.8, 4) is 0 Å². The lowest BCUT2D eigenvalue weighted by Gasteiger charge is -2.15. The number of aliphatic hydroxyl groups excluding tert-OH is 1. The molecule has 4 heteroatoms. The Labute approximate surface area is 71.2 Å². The molecule has 1 heterocycles. The van der Waals surface area contributed by atoms with Gasteiger partial charge in [0, 0.05) is 13.0 Å². The van der Waals surface area contributed by atoms with Gasteiger partial charge in [0.05, 0.1) is 12.2 Å². The first-order valence-corrected chi connectivity index (χ1v) is 4.21. The third-order valence-electron chi connectivity index (χ3n) is 2.05. The second kappa shape index (κ2) is 4.42. The van der Waals surface area contributed by atoms with Crippen molar-refractivity contribution in [2.75, 3.05) is 6.61 Å². The quantitative estimate of drug-likeness (QED) is 0.647. The smallest absolute Gasteiger partial charge is 0.303 e. The minimum atomic E-state index is -0.868. The summed E-state index contributed by atoms with van der Waals surface area (Å²) in [7, 11) is 0. The summed E-state index contributed by atoms with van der Waals surface area (Å²) in [6, 6.07) is 0. The topological polar surface area (TPSA) is 66.8 Å². The summed E-state index contributed by atoms with van der Waals surface area (Å²) < 4.78 is 5.20. The average molecular weight is 174 g/mol. The molecule has 2 N–H and O–H groups in total. The monoisotopic (exact) mass is 174 g/mol. The highest BCUT2D eigenvalue weighted by atomic mass is 16.5. The zero-order valence-electron chi connectivity index (χ0n) is 6.90. The Balaban J connectivity index is 2.17. The molecule has 0 aromatic heterocycles. The Morgan fingerprint density at radius 2 is 2.42 bits per heavy atom. The lowest BCUT2D eigenvalue weighted by atomic mass is 10.1. The Morgan fingerprint density at radius 1 is 1.67 bits per heavy atom. The molecule has 0 aromatic rings. The third-order valence-corrected chi connectivity index (χ3v) is 2.05. The van der Waals surface area contributed by atoms with Crippen molar-refractivity contribution < 1.29 is 19.7 Å². The Kier molecular flexibility index (Phi) is 3.49. The highest BCUT2D eigenvalue weighted by molar-refractivity contribution is 5.66. The van der Waals surface area contributed by atoms with Crippen LogP contribution in [-0.4, -0.2) is 35.0 Å². The summed E-state index contributed by atoms with van der Waals surface area (Å²) in [5, 5.41) is 17.8. The van der Waals surface area contributed by atoms with Gasteiger partial charge in [0.15, 0.2) is 0 Å². The first kappa shape index (κ1) is 9.48. The number of hydrogen-bond donors (Lipinski definition) is 2. The highest BCUT2D eigenvalue weighted by Gasteiger charge is 2.24. The SMILES string of the molecule is O=C(O)CCC(O)C1CCCO1. The number of hydrogen-bond acceptors (Lipinski definition) is 3. The summed E-state index contributed by atoms with van der Waals surface area (Å²) in [5.41, 5.74) is 0. The molecule has 0 spiro atoms. The van der Waals surface area contributed by atoms with Crippen LogP contribution in [0.5, 0.6) is 0 Å². The van der Waals surface area contributed by atoms with E-state index in [0.29, 0.717) is 13.0 Å². The van der Waals surface area contributed by atoms with Gasteiger partial charge in [-0.1, -0.05) is 0 Å². The maximum absolute atomic E-state index is 10.2. The highest BCUT2D eigenvalue weighted by Crippen LogP contribution is 2.18. The van der Waals surface area contributed by atoms with Crippen molar-refractivity contribution in [1.82, 2.24) is 0 Å². The number of ether oxygens (including phenoxy) is 1. The summed E-state index contributed by atoms with van der Waals surface area (Å²) in [4.78, 5) is 10.2. The fourth-order valence-corrected chi connectivity index (χ4v) is 1.36. The summed E-state index contributed by atoms with van der Waals surface area (Å²) in [5.74, 6) is -0.868. The van der Waals surface area contributed by atoms with E-state index in [1.54, 1.807) is 0 Å². The molecule has 1 aliphatic heterocycles. The molecule has 2 unspecified atom stereocenters. The molecule has 1 aliphatic rings. The van der Waals surface area contributed by atoms with E-state index in [4.69, 9.17) is 9.84 Å². The standard InChI is InChI=1S/C8H14O4/c9-6(3-4-8(10)11)7-2-1-5-12-7/h6-7,9H,1-5H2,(H,10,11). The van der Waals surface area contributed by atoms with Gasteiger partial charge >= 0.3 is 5.97 Å². The number of carboxylic acid groups (broad SMARTS) is 1. The van der Waals surface area contributed by atoms with Crippen LogP contribution >= 0.6 is 0 Å². The molecule has 1 fully saturated rings. The first-order chi connectivity index (χ1) is 5.70. The van der Waals surface area contributed by atoms with Gasteiger partial charge in [0.25, 0.3) is 0 Å². The molecule has 2 atom stereocenters. The van der Waals surface area contributed by atoms with Crippen LogP contribution in [-0.2, 0) is 9.53 Å². The zero-order valence-corrected chi connectivity index (χ0v) is 6.90. The van der Waals surface area contributed by atoms with Crippen LogP contribution in [0, 0.1) is 0 Å². The molecule has 0 radical (unpaired) electrons. The van der Waals surface area contributed by atoms with E-state index in [2.05, 4.69) is 0 Å². The molecule has 1 rings (SSSR count). The molecule has 0 amide bonds. The van der Waals surface area contributed by atoms with Gasteiger partial charge < -0.3 is 14.9 Å². The number of carbonyl (C=O) groups is 1. The maximum Gasteiger partial charge on any atom is 0.303 e. The Morgan fingerprint density at radius 3 is 2.92 bits per heavy atom. The van der Waals surface area contributed by atoms with E-state index in [9.17, 15) is 9.90 Å². The van der Waals surface area contributed by atoms with Crippen molar-refractivity contribution in [3.63, 3.8) is 0 Å². The third kappa shape index (κ3) is 2.79. The Hall–Kier alpha value is -0.610. The van der Waals surface area contributed by atoms with Crippen LogP contribution in [0.2, 0.25) is 0 Å². The van der Waals surface area contributed by atoms with Gasteiger partial charge in [0.1, 0.15) is 0 Å². The van der Waals surface area contributed by atoms with Gasteiger partial charge in [-0.05, 0) is 19.3 Å². The van der Waals surface area contributed by atoms with Gasteiger partial charge in [-0.3, -0.25) is 4.79 Å². The van der Waals surface area contributed by atoms with Crippen LogP contribution < -0.4 is 0 Å². The molecule has 0 bridgehead atoms.